The number of hydrogen-bond acceptors (Lipinski definition) is 2. The molecule has 2 heteroatoms. The van der Waals surface area contributed by atoms with E-state index < -0.39 is 0 Å². The Balaban J connectivity index is 1.63. The first-order chi connectivity index (χ1) is 8.74. The van der Waals surface area contributed by atoms with Gasteiger partial charge in [-0.1, -0.05) is 24.6 Å². The Hall–Kier alpha value is -1.02. The first-order valence-corrected chi connectivity index (χ1v) is 7.21. The van der Waals surface area contributed by atoms with Crippen molar-refractivity contribution in [3.63, 3.8) is 0 Å². The van der Waals surface area contributed by atoms with Gasteiger partial charge in [-0.25, -0.2) is 0 Å². The molecule has 1 aromatic rings. The van der Waals surface area contributed by atoms with Crippen molar-refractivity contribution >= 4 is 0 Å². The number of hydrogen-bond donors (Lipinski definition) is 1. The Morgan fingerprint density at radius 2 is 2.11 bits per heavy atom. The molecule has 0 spiro atoms. The van der Waals surface area contributed by atoms with E-state index in [1.54, 1.807) is 0 Å². The number of benzene rings is 1. The van der Waals surface area contributed by atoms with Crippen molar-refractivity contribution in [3.8, 4) is 5.75 Å². The zero-order valence-corrected chi connectivity index (χ0v) is 11.1. The lowest BCUT2D eigenvalue weighted by atomic mass is 9.89. The van der Waals surface area contributed by atoms with Crippen LogP contribution in [-0.2, 0) is 0 Å². The molecule has 0 heterocycles. The second-order valence-corrected chi connectivity index (χ2v) is 6.07. The van der Waals surface area contributed by atoms with E-state index in [9.17, 15) is 0 Å². The summed E-state index contributed by atoms with van der Waals surface area (Å²) in [7, 11) is 0. The first-order valence-electron chi connectivity index (χ1n) is 7.21. The maximum absolute atomic E-state index is 6.06. The second-order valence-electron chi connectivity index (χ2n) is 6.07. The van der Waals surface area contributed by atoms with Crippen LogP contribution >= 0.6 is 0 Å². The van der Waals surface area contributed by atoms with E-state index in [4.69, 9.17) is 10.5 Å². The highest BCUT2D eigenvalue weighted by molar-refractivity contribution is 5.35. The molecule has 2 aliphatic rings. The van der Waals surface area contributed by atoms with E-state index in [2.05, 4.69) is 6.07 Å². The summed E-state index contributed by atoms with van der Waals surface area (Å²) < 4.78 is 6.06. The monoisotopic (exact) mass is 245 g/mol. The van der Waals surface area contributed by atoms with Gasteiger partial charge in [0.25, 0.3) is 0 Å². The van der Waals surface area contributed by atoms with Gasteiger partial charge in [0.2, 0.25) is 0 Å². The van der Waals surface area contributed by atoms with Crippen molar-refractivity contribution in [2.45, 2.75) is 38.6 Å². The minimum Gasteiger partial charge on any atom is -0.493 e. The molecule has 0 aromatic heterocycles. The molecule has 98 valence electrons. The van der Waals surface area contributed by atoms with Crippen LogP contribution in [0.25, 0.3) is 0 Å². The normalized spacial score (nSPS) is 31.6. The lowest BCUT2D eigenvalue weighted by molar-refractivity contribution is 0.193. The fourth-order valence-corrected chi connectivity index (χ4v) is 3.77. The van der Waals surface area contributed by atoms with Crippen molar-refractivity contribution in [1.82, 2.24) is 0 Å². The van der Waals surface area contributed by atoms with Crippen LogP contribution in [-0.4, -0.2) is 6.61 Å². The zero-order valence-electron chi connectivity index (χ0n) is 11.1. The Morgan fingerprint density at radius 1 is 1.28 bits per heavy atom. The topological polar surface area (TPSA) is 35.2 Å². The number of fused-ring (bicyclic) bond motifs is 2. The molecule has 2 nitrogen and oxygen atoms in total. The van der Waals surface area contributed by atoms with Crippen molar-refractivity contribution in [3.05, 3.63) is 29.8 Å². The Bertz CT molecular complexity index is 415. The van der Waals surface area contributed by atoms with Crippen molar-refractivity contribution in [2.24, 2.45) is 23.5 Å². The molecule has 1 aromatic carbocycles. The van der Waals surface area contributed by atoms with Crippen LogP contribution in [0.2, 0.25) is 0 Å². The molecule has 3 unspecified atom stereocenters. The molecule has 4 atom stereocenters. The molecule has 2 aliphatic carbocycles. The second kappa shape index (κ2) is 4.93. The summed E-state index contributed by atoms with van der Waals surface area (Å²) >= 11 is 0. The first kappa shape index (κ1) is 12.0. The molecule has 2 N–H and O–H groups in total. The average molecular weight is 245 g/mol. The van der Waals surface area contributed by atoms with Gasteiger partial charge in [-0.15, -0.1) is 0 Å². The molecule has 2 saturated carbocycles. The van der Waals surface area contributed by atoms with Crippen LogP contribution in [0.1, 0.15) is 44.2 Å². The minimum atomic E-state index is 0.0428. The predicted octanol–water partition coefficient (Wildman–Crippen LogP) is 3.52. The summed E-state index contributed by atoms with van der Waals surface area (Å²) in [6.45, 7) is 2.89. The standard InChI is InChI=1S/C16H23NO/c1-11(17)15-4-2-3-5-16(15)18-10-14-9-12-6-7-13(14)8-12/h2-5,11-14H,6-10,17H2,1H3/t11-,12?,13?,14?/m1/s1. The van der Waals surface area contributed by atoms with Gasteiger partial charge in [-0.2, -0.15) is 0 Å². The molecule has 0 saturated heterocycles. The number of nitrogens with two attached hydrogens (primary N) is 1. The van der Waals surface area contributed by atoms with Crippen LogP contribution in [0.15, 0.2) is 24.3 Å². The third-order valence-corrected chi connectivity index (χ3v) is 4.75. The smallest absolute Gasteiger partial charge is 0.124 e. The van der Waals surface area contributed by atoms with Crippen molar-refractivity contribution < 1.29 is 4.74 Å². The molecule has 2 fully saturated rings. The summed E-state index contributed by atoms with van der Waals surface area (Å²) in [5, 5.41) is 0. The highest BCUT2D eigenvalue weighted by Gasteiger charge is 2.39. The van der Waals surface area contributed by atoms with Gasteiger partial charge in [0.1, 0.15) is 5.75 Å². The van der Waals surface area contributed by atoms with Crippen molar-refractivity contribution in [1.29, 1.82) is 0 Å². The van der Waals surface area contributed by atoms with E-state index in [0.717, 1.165) is 35.7 Å². The fraction of sp³-hybridized carbons (Fsp3) is 0.625. The molecule has 2 bridgehead atoms. The van der Waals surface area contributed by atoms with Gasteiger partial charge in [0.05, 0.1) is 6.61 Å². The van der Waals surface area contributed by atoms with Crippen LogP contribution in [0.3, 0.4) is 0 Å². The van der Waals surface area contributed by atoms with Gasteiger partial charge in [0, 0.05) is 11.6 Å². The van der Waals surface area contributed by atoms with Gasteiger partial charge in [-0.05, 0) is 50.0 Å². The molecular formula is C16H23NO. The fourth-order valence-electron chi connectivity index (χ4n) is 3.77. The number of rotatable bonds is 4. The lowest BCUT2D eigenvalue weighted by Crippen LogP contribution is -2.19. The maximum Gasteiger partial charge on any atom is 0.124 e. The highest BCUT2D eigenvalue weighted by atomic mass is 16.5. The molecule has 0 amide bonds. The van der Waals surface area contributed by atoms with E-state index >= 15 is 0 Å². The largest absolute Gasteiger partial charge is 0.493 e. The predicted molar refractivity (Wildman–Crippen MR) is 73.5 cm³/mol. The third-order valence-electron chi connectivity index (χ3n) is 4.75. The number of para-hydroxylation sites is 1. The Morgan fingerprint density at radius 3 is 2.78 bits per heavy atom. The van der Waals surface area contributed by atoms with Gasteiger partial charge in [-0.3, -0.25) is 0 Å². The van der Waals surface area contributed by atoms with Crippen LogP contribution in [0.4, 0.5) is 0 Å². The zero-order chi connectivity index (χ0) is 12.5. The maximum atomic E-state index is 6.06. The summed E-state index contributed by atoms with van der Waals surface area (Å²) in [4.78, 5) is 0. The van der Waals surface area contributed by atoms with E-state index in [0.29, 0.717) is 0 Å². The molecular weight excluding hydrogens is 222 g/mol. The van der Waals surface area contributed by atoms with E-state index in [1.165, 1.54) is 25.7 Å². The van der Waals surface area contributed by atoms with Gasteiger partial charge < -0.3 is 10.5 Å². The Kier molecular flexibility index (Phi) is 3.29. The lowest BCUT2D eigenvalue weighted by Gasteiger charge is -2.23. The summed E-state index contributed by atoms with van der Waals surface area (Å²) in [5.41, 5.74) is 7.10. The third kappa shape index (κ3) is 2.26. The van der Waals surface area contributed by atoms with E-state index in [1.807, 2.05) is 25.1 Å². The van der Waals surface area contributed by atoms with E-state index in [-0.39, 0.29) is 6.04 Å². The van der Waals surface area contributed by atoms with Crippen molar-refractivity contribution in [2.75, 3.05) is 6.61 Å². The summed E-state index contributed by atoms with van der Waals surface area (Å²) in [5.74, 6) is 3.69. The Labute approximate surface area is 110 Å². The quantitative estimate of drug-likeness (QED) is 0.881. The minimum absolute atomic E-state index is 0.0428. The molecule has 0 aliphatic heterocycles. The summed E-state index contributed by atoms with van der Waals surface area (Å²) in [6, 6.07) is 8.22. The SMILES string of the molecule is C[C@@H](N)c1ccccc1OCC1CC2CCC1C2. The molecule has 0 radical (unpaired) electrons. The van der Waals surface area contributed by atoms with Gasteiger partial charge in [0.15, 0.2) is 0 Å². The molecule has 18 heavy (non-hydrogen) atoms. The average Bonchev–Trinajstić information content (AvgIpc) is 2.98. The summed E-state index contributed by atoms with van der Waals surface area (Å²) in [6.07, 6.45) is 5.71. The van der Waals surface area contributed by atoms with Crippen LogP contribution in [0.5, 0.6) is 5.75 Å². The number of ether oxygens (including phenoxy) is 1. The van der Waals surface area contributed by atoms with Crippen LogP contribution < -0.4 is 10.5 Å². The van der Waals surface area contributed by atoms with Crippen LogP contribution in [0, 0.1) is 17.8 Å². The highest BCUT2D eigenvalue weighted by Crippen LogP contribution is 2.48. The van der Waals surface area contributed by atoms with Gasteiger partial charge >= 0.3 is 0 Å². The molecule has 3 rings (SSSR count).